The van der Waals surface area contributed by atoms with Crippen molar-refractivity contribution in [2.75, 3.05) is 32.7 Å². The van der Waals surface area contributed by atoms with Gasteiger partial charge in [-0.15, -0.1) is 0 Å². The lowest BCUT2D eigenvalue weighted by atomic mass is 9.99. The van der Waals surface area contributed by atoms with E-state index in [1.807, 2.05) is 18.2 Å². The van der Waals surface area contributed by atoms with E-state index in [4.69, 9.17) is 24.1 Å². The number of nitrogens with zero attached hydrogens (tertiary/aromatic N) is 2. The smallest absolute Gasteiger partial charge is 0.362 e. The number of cyclic esters (lactones) is 1. The number of ether oxygens (including phenoxy) is 2. The summed E-state index contributed by atoms with van der Waals surface area (Å²) in [6.07, 6.45) is 11.6. The van der Waals surface area contributed by atoms with Gasteiger partial charge in [0.15, 0.2) is 13.0 Å². The van der Waals surface area contributed by atoms with Crippen LogP contribution in [0, 0.1) is 0 Å². The number of carbonyl (C=O) groups excluding carboxylic acids is 2. The Balaban J connectivity index is 1.87. The molecule has 2 aliphatic rings. The van der Waals surface area contributed by atoms with Gasteiger partial charge in [0.25, 0.3) is 5.91 Å². The van der Waals surface area contributed by atoms with Crippen molar-refractivity contribution in [2.24, 2.45) is 5.16 Å². The van der Waals surface area contributed by atoms with Gasteiger partial charge in [0.1, 0.15) is 17.1 Å². The van der Waals surface area contributed by atoms with Gasteiger partial charge in [-0.05, 0) is 56.2 Å². The first-order valence-corrected chi connectivity index (χ1v) is 14.0. The van der Waals surface area contributed by atoms with Gasteiger partial charge < -0.3 is 34.1 Å². The molecule has 202 valence electrons. The zero-order valence-electron chi connectivity index (χ0n) is 20.6. The van der Waals surface area contributed by atoms with Crippen molar-refractivity contribution in [3.05, 3.63) is 47.6 Å². The molecule has 0 atom stereocenters. The number of oxime groups is 1. The van der Waals surface area contributed by atoms with Crippen LogP contribution in [0.3, 0.4) is 0 Å². The molecule has 0 spiro atoms. The Hall–Kier alpha value is -3.14. The Kier molecular flexibility index (Phi) is 10.7. The Morgan fingerprint density at radius 2 is 1.81 bits per heavy atom. The van der Waals surface area contributed by atoms with Gasteiger partial charge in [-0.3, -0.25) is 9.36 Å². The van der Waals surface area contributed by atoms with Crippen LogP contribution < -0.4 is 4.74 Å². The predicted octanol–water partition coefficient (Wildman–Crippen LogP) is 3.29. The van der Waals surface area contributed by atoms with Crippen molar-refractivity contribution in [1.82, 2.24) is 4.90 Å². The molecule has 1 amide bonds. The second-order valence-corrected chi connectivity index (χ2v) is 10.4. The normalized spacial score (nSPS) is 20.3. The van der Waals surface area contributed by atoms with E-state index in [-0.39, 0.29) is 42.4 Å². The zero-order valence-corrected chi connectivity index (χ0v) is 21.5. The number of esters is 1. The fourth-order valence-electron chi connectivity index (χ4n) is 3.94. The molecule has 2 aliphatic heterocycles. The summed E-state index contributed by atoms with van der Waals surface area (Å²) in [6.45, 7) is 1.27. The fraction of sp³-hybridized carbons (Fsp3) is 0.480. The number of amides is 1. The first-order chi connectivity index (χ1) is 17.7. The summed E-state index contributed by atoms with van der Waals surface area (Å²) in [5.74, 6) is -1.42. The van der Waals surface area contributed by atoms with Gasteiger partial charge >= 0.3 is 13.6 Å². The highest BCUT2D eigenvalue weighted by atomic mass is 31.2. The summed E-state index contributed by atoms with van der Waals surface area (Å²) in [7, 11) is -4.48. The topological polar surface area (TPSA) is 155 Å². The highest BCUT2D eigenvalue weighted by molar-refractivity contribution is 7.51. The van der Waals surface area contributed by atoms with Gasteiger partial charge in [-0.25, -0.2) is 4.79 Å². The number of phenolic OH excluding ortho intramolecular Hbond substituents is 1. The second-order valence-electron chi connectivity index (χ2n) is 8.76. The Labute approximate surface area is 215 Å². The molecule has 37 heavy (non-hydrogen) atoms. The third-order valence-electron chi connectivity index (χ3n) is 5.72. The van der Waals surface area contributed by atoms with Crippen molar-refractivity contribution in [1.29, 1.82) is 0 Å². The van der Waals surface area contributed by atoms with E-state index in [0.717, 1.165) is 31.7 Å². The van der Waals surface area contributed by atoms with Gasteiger partial charge in [0.05, 0.1) is 12.3 Å². The van der Waals surface area contributed by atoms with Crippen LogP contribution in [0.2, 0.25) is 0 Å². The lowest BCUT2D eigenvalue weighted by Gasteiger charge is -2.26. The van der Waals surface area contributed by atoms with Crippen molar-refractivity contribution >= 4 is 25.2 Å². The Morgan fingerprint density at radius 3 is 2.57 bits per heavy atom. The van der Waals surface area contributed by atoms with E-state index in [1.165, 1.54) is 6.07 Å². The molecule has 1 aromatic carbocycles. The van der Waals surface area contributed by atoms with Crippen molar-refractivity contribution in [3.63, 3.8) is 0 Å². The average molecular weight is 537 g/mol. The number of likely N-dealkylation sites (tertiary alicyclic amines) is 1. The lowest BCUT2D eigenvalue weighted by molar-refractivity contribution is -0.137. The monoisotopic (exact) mass is 536 g/mol. The van der Waals surface area contributed by atoms with Crippen LogP contribution in [0.15, 0.2) is 41.6 Å². The third-order valence-corrected chi connectivity index (χ3v) is 6.19. The number of phenols is 1. The predicted molar refractivity (Wildman–Crippen MR) is 136 cm³/mol. The summed E-state index contributed by atoms with van der Waals surface area (Å²) < 4.78 is 21.7. The molecule has 0 saturated carbocycles. The molecule has 0 unspecified atom stereocenters. The molecular formula is C25H33N2O9P. The first-order valence-electron chi connectivity index (χ1n) is 12.2. The van der Waals surface area contributed by atoms with Crippen LogP contribution in [0.5, 0.6) is 11.5 Å². The minimum absolute atomic E-state index is 0.00461. The number of hydrogen-bond donors (Lipinski definition) is 3. The molecule has 3 N–H and O–H groups in total. The largest absolute Gasteiger partial charge is 0.507 e. The molecule has 1 aromatic rings. The summed E-state index contributed by atoms with van der Waals surface area (Å²) in [4.78, 5) is 50.6. The fourth-order valence-corrected chi connectivity index (χ4v) is 4.25. The molecule has 0 aliphatic carbocycles. The number of allylic oxidation sites excluding steroid dienone is 3. The van der Waals surface area contributed by atoms with Gasteiger partial charge in [-0.2, -0.15) is 0 Å². The second kappa shape index (κ2) is 14.0. The van der Waals surface area contributed by atoms with Crippen molar-refractivity contribution in [2.45, 2.75) is 44.9 Å². The number of benzene rings is 1. The van der Waals surface area contributed by atoms with E-state index in [9.17, 15) is 19.3 Å². The zero-order chi connectivity index (χ0) is 26.7. The minimum Gasteiger partial charge on any atom is -0.507 e. The van der Waals surface area contributed by atoms with E-state index in [1.54, 1.807) is 11.0 Å². The number of piperidine rings is 1. The maximum Gasteiger partial charge on any atom is 0.362 e. The third kappa shape index (κ3) is 9.68. The van der Waals surface area contributed by atoms with E-state index < -0.39 is 25.7 Å². The first kappa shape index (κ1) is 28.4. The van der Waals surface area contributed by atoms with Crippen LogP contribution >= 0.6 is 7.60 Å². The molecule has 3 rings (SSSR count). The molecule has 12 heteroatoms. The molecular weight excluding hydrogens is 503 g/mol. The Bertz CT molecular complexity index is 1090. The number of aromatic hydroxyl groups is 1. The SMILES string of the molecule is O=C1OCC/C=C/CC/C=C/C(=N\OCC(=O)N2CCCCC2)Cc2cc(OCP(=O)(O)O)cc(O)c21. The van der Waals surface area contributed by atoms with E-state index in [2.05, 4.69) is 5.16 Å². The molecule has 1 fully saturated rings. The number of rotatable bonds is 6. The van der Waals surface area contributed by atoms with Crippen LogP contribution in [0.25, 0.3) is 0 Å². The average Bonchev–Trinajstić information content (AvgIpc) is 2.85. The number of fused-ring (bicyclic) bond motifs is 1. The molecule has 11 nitrogen and oxygen atoms in total. The minimum atomic E-state index is -4.48. The van der Waals surface area contributed by atoms with Gasteiger partial charge in [0, 0.05) is 25.6 Å². The molecule has 2 heterocycles. The molecule has 1 saturated heterocycles. The maximum absolute atomic E-state index is 12.8. The molecule has 0 bridgehead atoms. The molecule has 0 radical (unpaired) electrons. The van der Waals surface area contributed by atoms with Gasteiger partial charge in [0.2, 0.25) is 0 Å². The maximum atomic E-state index is 12.8. The lowest BCUT2D eigenvalue weighted by Crippen LogP contribution is -2.37. The quantitative estimate of drug-likeness (QED) is 0.215. The summed E-state index contributed by atoms with van der Waals surface area (Å²) in [5.41, 5.74) is 0.510. The van der Waals surface area contributed by atoms with E-state index >= 15 is 0 Å². The summed E-state index contributed by atoms with van der Waals surface area (Å²) in [6, 6.07) is 2.49. The van der Waals surface area contributed by atoms with Crippen molar-refractivity contribution in [3.8, 4) is 11.5 Å². The number of carbonyl (C=O) groups is 2. The highest BCUT2D eigenvalue weighted by Gasteiger charge is 2.23. The highest BCUT2D eigenvalue weighted by Crippen LogP contribution is 2.36. The van der Waals surface area contributed by atoms with Crippen LogP contribution in [-0.2, 0) is 25.4 Å². The number of hydrogen-bond acceptors (Lipinski definition) is 8. The van der Waals surface area contributed by atoms with Crippen LogP contribution in [-0.4, -0.2) is 70.0 Å². The molecule has 0 aromatic heterocycles. The van der Waals surface area contributed by atoms with Gasteiger partial charge in [-0.1, -0.05) is 23.4 Å². The van der Waals surface area contributed by atoms with E-state index in [0.29, 0.717) is 31.6 Å². The Morgan fingerprint density at radius 1 is 1.08 bits per heavy atom. The van der Waals surface area contributed by atoms with Crippen LogP contribution in [0.4, 0.5) is 0 Å². The summed E-state index contributed by atoms with van der Waals surface area (Å²) in [5, 5.41) is 14.7. The van der Waals surface area contributed by atoms with Crippen molar-refractivity contribution < 1.29 is 43.4 Å². The standard InChI is InChI=1S/C25H33N2O9P/c28-22-16-21(35-18-37(31,32)33)15-19-14-20(26-36-17-23(29)27-11-7-5-8-12-27)10-6-3-1-2-4-9-13-34-25(30)24(19)22/h2,4,6,10,15-16,28H,1,3,5,7-9,11-14,17-18H2,(H2,31,32,33)/b4-2+,10-6+,26-20+. The summed E-state index contributed by atoms with van der Waals surface area (Å²) >= 11 is 0. The van der Waals surface area contributed by atoms with Crippen LogP contribution in [0.1, 0.15) is 54.4 Å².